The third-order valence-electron chi connectivity index (χ3n) is 7.94. The lowest BCUT2D eigenvalue weighted by Gasteiger charge is -2.49. The summed E-state index contributed by atoms with van der Waals surface area (Å²) < 4.78 is 2.07. The van der Waals surface area contributed by atoms with E-state index in [4.69, 9.17) is 5.10 Å². The van der Waals surface area contributed by atoms with Crippen molar-refractivity contribution in [3.63, 3.8) is 0 Å². The lowest BCUT2D eigenvalue weighted by molar-refractivity contribution is -0.969. The van der Waals surface area contributed by atoms with Crippen LogP contribution in [0, 0.1) is 19.8 Å². The third-order valence-corrected chi connectivity index (χ3v) is 7.94. The third kappa shape index (κ3) is 3.51. The summed E-state index contributed by atoms with van der Waals surface area (Å²) in [5.41, 5.74) is 4.88. The van der Waals surface area contributed by atoms with Gasteiger partial charge in [0, 0.05) is 18.0 Å². The molecule has 5 rings (SSSR count). The van der Waals surface area contributed by atoms with Crippen molar-refractivity contribution in [1.82, 2.24) is 20.2 Å². The molecule has 3 aromatic rings. The van der Waals surface area contributed by atoms with E-state index in [1.807, 2.05) is 0 Å². The van der Waals surface area contributed by atoms with Gasteiger partial charge in [-0.25, -0.2) is 0 Å². The maximum absolute atomic E-state index is 4.74. The Labute approximate surface area is 191 Å². The van der Waals surface area contributed by atoms with Gasteiger partial charge in [0.05, 0.1) is 31.9 Å². The molecular formula is C26H35N6+. The molecule has 168 valence electrons. The molecule has 2 atom stereocenters. The average molecular weight is 432 g/mol. The molecule has 2 heterocycles. The monoisotopic (exact) mass is 431 g/mol. The number of hydrogen-bond acceptors (Lipinski definition) is 4. The first-order valence-electron chi connectivity index (χ1n) is 12.1. The van der Waals surface area contributed by atoms with Crippen molar-refractivity contribution >= 4 is 5.69 Å². The molecule has 0 bridgehead atoms. The zero-order chi connectivity index (χ0) is 22.1. The maximum atomic E-state index is 4.74. The molecule has 1 aliphatic heterocycles. The van der Waals surface area contributed by atoms with Crippen molar-refractivity contribution in [3.8, 4) is 5.69 Å². The Hall–Kier alpha value is -2.73. The molecule has 1 aromatic heterocycles. The van der Waals surface area contributed by atoms with Gasteiger partial charge in [0.25, 0.3) is 0 Å². The lowest BCUT2D eigenvalue weighted by Crippen LogP contribution is -3.22. The molecule has 1 saturated heterocycles. The van der Waals surface area contributed by atoms with Gasteiger partial charge in [0.15, 0.2) is 5.54 Å². The van der Waals surface area contributed by atoms with Gasteiger partial charge in [-0.3, -0.25) is 0 Å². The molecular weight excluding hydrogens is 396 g/mol. The summed E-state index contributed by atoms with van der Waals surface area (Å²) in [6, 6.07) is 17.3. The summed E-state index contributed by atoms with van der Waals surface area (Å²) in [6.45, 7) is 11.1. The van der Waals surface area contributed by atoms with Crippen molar-refractivity contribution in [2.45, 2.75) is 52.0 Å². The highest BCUT2D eigenvalue weighted by molar-refractivity contribution is 5.47. The van der Waals surface area contributed by atoms with E-state index in [0.717, 1.165) is 44.1 Å². The number of hydrogen-bond donors (Lipinski definition) is 1. The first kappa shape index (κ1) is 21.1. The Bertz CT molecular complexity index is 1030. The maximum Gasteiger partial charge on any atom is 0.217 e. The number of para-hydroxylation sites is 2. The van der Waals surface area contributed by atoms with Gasteiger partial charge >= 0.3 is 0 Å². The normalized spacial score (nSPS) is 24.6. The summed E-state index contributed by atoms with van der Waals surface area (Å²) in [6.07, 6.45) is 4.94. The summed E-state index contributed by atoms with van der Waals surface area (Å²) in [5, 5.41) is 13.5. The minimum absolute atomic E-state index is 0.0424. The van der Waals surface area contributed by atoms with E-state index in [-0.39, 0.29) is 5.54 Å². The molecule has 1 N–H and O–H groups in total. The number of benzene rings is 2. The smallest absolute Gasteiger partial charge is 0.217 e. The number of rotatable bonds is 4. The number of tetrazole rings is 1. The number of piperazine rings is 1. The predicted molar refractivity (Wildman–Crippen MR) is 127 cm³/mol. The van der Waals surface area contributed by atoms with Crippen LogP contribution in [0.25, 0.3) is 5.69 Å². The summed E-state index contributed by atoms with van der Waals surface area (Å²) >= 11 is 0. The van der Waals surface area contributed by atoms with E-state index in [2.05, 4.69) is 89.3 Å². The Morgan fingerprint density at radius 3 is 2.34 bits per heavy atom. The summed E-state index contributed by atoms with van der Waals surface area (Å²) in [7, 11) is 0. The summed E-state index contributed by atoms with van der Waals surface area (Å²) in [5.74, 6) is 1.61. The minimum Gasteiger partial charge on any atom is -0.360 e. The molecule has 0 spiro atoms. The zero-order valence-corrected chi connectivity index (χ0v) is 19.6. The molecule has 2 aliphatic rings. The van der Waals surface area contributed by atoms with Crippen molar-refractivity contribution in [2.24, 2.45) is 5.92 Å². The molecule has 6 heteroatoms. The molecule has 1 saturated carbocycles. The van der Waals surface area contributed by atoms with E-state index in [0.29, 0.717) is 5.92 Å². The van der Waals surface area contributed by atoms with Crippen molar-refractivity contribution in [2.75, 3.05) is 31.1 Å². The van der Waals surface area contributed by atoms with Gasteiger partial charge in [0.1, 0.15) is 0 Å². The first-order chi connectivity index (χ1) is 15.6. The topological polar surface area (TPSA) is 51.3 Å². The fourth-order valence-corrected chi connectivity index (χ4v) is 6.24. The van der Waals surface area contributed by atoms with E-state index in [1.54, 1.807) is 4.90 Å². The highest BCUT2D eigenvalue weighted by Crippen LogP contribution is 2.39. The molecule has 0 radical (unpaired) electrons. The second kappa shape index (κ2) is 8.66. The van der Waals surface area contributed by atoms with Crippen LogP contribution in [0.5, 0.6) is 0 Å². The fourth-order valence-electron chi connectivity index (χ4n) is 6.24. The zero-order valence-electron chi connectivity index (χ0n) is 19.6. The fraction of sp³-hybridized carbons (Fsp3) is 0.500. The predicted octanol–water partition coefficient (Wildman–Crippen LogP) is 3.09. The van der Waals surface area contributed by atoms with Gasteiger partial charge in [-0.1, -0.05) is 49.7 Å². The van der Waals surface area contributed by atoms with E-state index < -0.39 is 0 Å². The second-order valence-electron chi connectivity index (χ2n) is 9.70. The van der Waals surface area contributed by atoms with Crippen LogP contribution >= 0.6 is 0 Å². The Morgan fingerprint density at radius 2 is 1.66 bits per heavy atom. The molecule has 2 aromatic carbocycles. The van der Waals surface area contributed by atoms with Crippen molar-refractivity contribution < 1.29 is 4.90 Å². The highest BCUT2D eigenvalue weighted by atomic mass is 15.6. The Kier molecular flexibility index (Phi) is 5.72. The number of aryl methyl sites for hydroxylation is 2. The standard InChI is InChI=1S/C26H34N6/c1-20-10-9-11-21(2)24(20)32-25(27-28-29-32)26(15-8-7-12-22(26)3)31-18-16-30(17-19-31)23-13-5-4-6-14-23/h4-6,9-11,13-14,22H,7-8,12,15-19H2,1-3H3/p+1/t22-,26-/m1/s1. The first-order valence-corrected chi connectivity index (χ1v) is 12.1. The van der Waals surface area contributed by atoms with Gasteiger partial charge < -0.3 is 9.80 Å². The molecule has 0 unspecified atom stereocenters. The van der Waals surface area contributed by atoms with Crippen LogP contribution in [-0.4, -0.2) is 46.4 Å². The van der Waals surface area contributed by atoms with Gasteiger partial charge in [-0.2, -0.15) is 4.68 Å². The number of aromatic nitrogens is 4. The lowest BCUT2D eigenvalue weighted by atomic mass is 9.71. The SMILES string of the molecule is Cc1cccc(C)c1-n1nnnc1[C@@]1([NH+]2CCN(c3ccccc3)CC2)CCCC[C@H]1C. The van der Waals surface area contributed by atoms with Crippen LogP contribution in [0.15, 0.2) is 48.5 Å². The van der Waals surface area contributed by atoms with Crippen molar-refractivity contribution in [3.05, 3.63) is 65.5 Å². The average Bonchev–Trinajstić information content (AvgIpc) is 3.30. The van der Waals surface area contributed by atoms with E-state index >= 15 is 0 Å². The number of nitrogens with zero attached hydrogens (tertiary/aromatic N) is 5. The van der Waals surface area contributed by atoms with Crippen LogP contribution in [-0.2, 0) is 5.54 Å². The molecule has 0 amide bonds. The Balaban J connectivity index is 1.52. The largest absolute Gasteiger partial charge is 0.360 e. The minimum atomic E-state index is -0.0424. The number of nitrogens with one attached hydrogen (secondary N) is 1. The van der Waals surface area contributed by atoms with E-state index in [9.17, 15) is 0 Å². The second-order valence-corrected chi connectivity index (χ2v) is 9.70. The van der Waals surface area contributed by atoms with Gasteiger partial charge in [0.2, 0.25) is 5.82 Å². The molecule has 2 fully saturated rings. The summed E-state index contributed by atoms with van der Waals surface area (Å²) in [4.78, 5) is 4.18. The molecule has 32 heavy (non-hydrogen) atoms. The number of anilines is 1. The quantitative estimate of drug-likeness (QED) is 0.690. The highest BCUT2D eigenvalue weighted by Gasteiger charge is 2.53. The van der Waals surface area contributed by atoms with Crippen LogP contribution < -0.4 is 9.80 Å². The van der Waals surface area contributed by atoms with Crippen LogP contribution in [0.4, 0.5) is 5.69 Å². The Morgan fingerprint density at radius 1 is 0.938 bits per heavy atom. The molecule has 6 nitrogen and oxygen atoms in total. The van der Waals surface area contributed by atoms with Gasteiger partial charge in [-0.15, -0.1) is 5.10 Å². The van der Waals surface area contributed by atoms with Crippen LogP contribution in [0.1, 0.15) is 49.6 Å². The number of quaternary nitrogens is 1. The van der Waals surface area contributed by atoms with E-state index in [1.165, 1.54) is 36.1 Å². The van der Waals surface area contributed by atoms with Crippen LogP contribution in [0.3, 0.4) is 0 Å². The molecule has 1 aliphatic carbocycles. The van der Waals surface area contributed by atoms with Gasteiger partial charge in [-0.05, 0) is 60.4 Å². The van der Waals surface area contributed by atoms with Crippen LogP contribution in [0.2, 0.25) is 0 Å². The van der Waals surface area contributed by atoms with Crippen molar-refractivity contribution in [1.29, 1.82) is 0 Å².